The molecule has 3 aliphatic rings. The van der Waals surface area contributed by atoms with Gasteiger partial charge in [0.15, 0.2) is 5.82 Å². The second kappa shape index (κ2) is 11.9. The van der Waals surface area contributed by atoms with E-state index in [9.17, 15) is 27.6 Å². The lowest BCUT2D eigenvalue weighted by molar-refractivity contribution is -0.137. The zero-order chi connectivity index (χ0) is 33.9. The lowest BCUT2D eigenvalue weighted by Gasteiger charge is -2.39. The molecular formula is C31H34ClF3N6O6. The number of piperidine rings is 1. The number of ether oxygens (including phenoxy) is 3. The predicted octanol–water partition coefficient (Wildman–Crippen LogP) is 5.32. The molecule has 3 aromatic rings. The van der Waals surface area contributed by atoms with E-state index in [2.05, 4.69) is 15.4 Å². The molecule has 12 nitrogen and oxygen atoms in total. The maximum atomic E-state index is 14.2. The summed E-state index contributed by atoms with van der Waals surface area (Å²) < 4.78 is 59.7. The Morgan fingerprint density at radius 3 is 2.53 bits per heavy atom. The third kappa shape index (κ3) is 6.35. The van der Waals surface area contributed by atoms with Gasteiger partial charge in [0.2, 0.25) is 11.7 Å². The van der Waals surface area contributed by atoms with E-state index in [0.29, 0.717) is 49.6 Å². The molecule has 1 atom stereocenters. The van der Waals surface area contributed by atoms with Crippen molar-refractivity contribution in [3.05, 3.63) is 62.3 Å². The molecule has 0 radical (unpaired) electrons. The molecule has 16 heteroatoms. The molecule has 1 fully saturated rings. The molecule has 3 aliphatic heterocycles. The number of carbonyl (C=O) groups excluding carboxylic acids is 2. The highest BCUT2D eigenvalue weighted by Crippen LogP contribution is 2.48. The van der Waals surface area contributed by atoms with Crippen LogP contribution in [0, 0.1) is 0 Å². The number of hydrogen-bond acceptors (Lipinski definition) is 8. The molecule has 5 heterocycles. The first-order chi connectivity index (χ1) is 22.1. The number of amides is 2. The van der Waals surface area contributed by atoms with Gasteiger partial charge in [-0.2, -0.15) is 22.7 Å². The van der Waals surface area contributed by atoms with Crippen molar-refractivity contribution in [2.75, 3.05) is 31.6 Å². The normalized spacial score (nSPS) is 19.5. The quantitative estimate of drug-likeness (QED) is 0.393. The van der Waals surface area contributed by atoms with Gasteiger partial charge in [-0.1, -0.05) is 17.7 Å². The van der Waals surface area contributed by atoms with E-state index in [1.807, 2.05) is 6.08 Å². The first kappa shape index (κ1) is 33.0. The zero-order valence-electron chi connectivity index (χ0n) is 26.2. The number of anilines is 1. The molecule has 1 N–H and O–H groups in total. The number of likely N-dealkylation sites (tertiary alicyclic amines) is 1. The van der Waals surface area contributed by atoms with E-state index < -0.39 is 46.6 Å². The van der Waals surface area contributed by atoms with Crippen molar-refractivity contribution >= 4 is 40.6 Å². The van der Waals surface area contributed by atoms with Crippen molar-refractivity contribution in [2.24, 2.45) is 0 Å². The van der Waals surface area contributed by atoms with Crippen LogP contribution < -0.4 is 10.9 Å². The summed E-state index contributed by atoms with van der Waals surface area (Å²) in [6.07, 6.45) is -2.77. The van der Waals surface area contributed by atoms with Gasteiger partial charge in [0.05, 0.1) is 46.8 Å². The summed E-state index contributed by atoms with van der Waals surface area (Å²) in [5.74, 6) is -0.206. The van der Waals surface area contributed by atoms with E-state index in [4.69, 9.17) is 25.8 Å². The second-order valence-electron chi connectivity index (χ2n) is 12.8. The van der Waals surface area contributed by atoms with Gasteiger partial charge in [0.1, 0.15) is 17.7 Å². The van der Waals surface area contributed by atoms with Crippen LogP contribution in [0.25, 0.3) is 11.4 Å². The van der Waals surface area contributed by atoms with Crippen LogP contribution >= 0.6 is 11.6 Å². The Labute approximate surface area is 272 Å². The lowest BCUT2D eigenvalue weighted by Crippen LogP contribution is -2.48. The minimum Gasteiger partial charge on any atom is -0.444 e. The predicted molar refractivity (Wildman–Crippen MR) is 164 cm³/mol. The van der Waals surface area contributed by atoms with Crippen molar-refractivity contribution in [1.29, 1.82) is 0 Å². The van der Waals surface area contributed by atoms with Crippen LogP contribution in [0.15, 0.2) is 29.1 Å². The number of nitrogens with zero attached hydrogens (tertiary/aromatic N) is 5. The molecule has 1 spiro atoms. The number of carbonyl (C=O) groups is 2. The van der Waals surface area contributed by atoms with Crippen molar-refractivity contribution in [3.8, 4) is 0 Å². The molecule has 1 saturated heterocycles. The average molecular weight is 679 g/mol. The monoisotopic (exact) mass is 678 g/mol. The van der Waals surface area contributed by atoms with Crippen molar-refractivity contribution in [2.45, 2.75) is 77.0 Å². The van der Waals surface area contributed by atoms with E-state index in [0.717, 1.165) is 28.3 Å². The maximum absolute atomic E-state index is 14.2. The summed E-state index contributed by atoms with van der Waals surface area (Å²) in [6, 6.07) is 2.65. The van der Waals surface area contributed by atoms with Gasteiger partial charge in [-0.25, -0.2) is 4.79 Å². The van der Waals surface area contributed by atoms with Crippen molar-refractivity contribution < 1.29 is 37.0 Å². The van der Waals surface area contributed by atoms with E-state index in [1.54, 1.807) is 37.2 Å². The standard InChI is InChI=1S/C31H34ClF3N6O6/c1-17-24-23(30(46-17)9-11-39(12-10-30)28(44)47-29(2,3)4)26(43)41-27(37-25(38-41)18-7-13-45-14-8-18)40(24)16-22(42)36-21-6-5-19(15-20(21)32)31(33,34)35/h5-7,15,17H,8-14,16H2,1-4H3,(H,36,42)/t17-/m1/s1. The Bertz CT molecular complexity index is 1840. The molecule has 47 heavy (non-hydrogen) atoms. The van der Waals surface area contributed by atoms with Gasteiger partial charge < -0.3 is 29.0 Å². The number of hydrogen-bond donors (Lipinski definition) is 1. The highest BCUT2D eigenvalue weighted by Gasteiger charge is 2.51. The number of rotatable bonds is 4. The van der Waals surface area contributed by atoms with E-state index >= 15 is 0 Å². The molecule has 2 amide bonds. The summed E-state index contributed by atoms with van der Waals surface area (Å²) in [6.45, 7) is 8.10. The second-order valence-corrected chi connectivity index (χ2v) is 13.2. The highest BCUT2D eigenvalue weighted by molar-refractivity contribution is 6.33. The van der Waals surface area contributed by atoms with Crippen LogP contribution in [0.3, 0.4) is 0 Å². The number of aromatic nitrogens is 4. The lowest BCUT2D eigenvalue weighted by atomic mass is 9.85. The number of nitrogens with one attached hydrogen (secondary N) is 1. The maximum Gasteiger partial charge on any atom is 0.416 e. The van der Waals surface area contributed by atoms with E-state index in [-0.39, 0.29) is 36.1 Å². The van der Waals surface area contributed by atoms with Crippen LogP contribution in [0.1, 0.15) is 75.7 Å². The topological polar surface area (TPSA) is 129 Å². The number of benzene rings is 1. The third-order valence-corrected chi connectivity index (χ3v) is 8.69. The van der Waals surface area contributed by atoms with Gasteiger partial charge in [-0.05, 0) is 70.7 Å². The Balaban J connectivity index is 1.39. The molecule has 1 aromatic carbocycles. The molecule has 0 unspecified atom stereocenters. The van der Waals surface area contributed by atoms with Crippen LogP contribution in [-0.4, -0.2) is 68.0 Å². The molecule has 6 rings (SSSR count). The summed E-state index contributed by atoms with van der Waals surface area (Å²) in [5, 5.41) is 6.84. The smallest absolute Gasteiger partial charge is 0.416 e. The fraction of sp³-hybridized carbons (Fsp3) is 0.516. The fourth-order valence-electron chi connectivity index (χ4n) is 6.27. The molecule has 0 aliphatic carbocycles. The van der Waals surface area contributed by atoms with Gasteiger partial charge in [-0.15, -0.1) is 5.10 Å². The molecule has 0 bridgehead atoms. The van der Waals surface area contributed by atoms with Gasteiger partial charge in [-0.3, -0.25) is 9.59 Å². The van der Waals surface area contributed by atoms with Crippen molar-refractivity contribution in [1.82, 2.24) is 24.1 Å². The molecule has 2 aromatic heterocycles. The van der Waals surface area contributed by atoms with Crippen LogP contribution in [0.5, 0.6) is 0 Å². The molecule has 252 valence electrons. The summed E-state index contributed by atoms with van der Waals surface area (Å²) >= 11 is 6.11. The van der Waals surface area contributed by atoms with Gasteiger partial charge >= 0.3 is 12.3 Å². The van der Waals surface area contributed by atoms with Gasteiger partial charge in [0, 0.05) is 13.1 Å². The molecule has 0 saturated carbocycles. The van der Waals surface area contributed by atoms with Crippen LogP contribution in [0.4, 0.5) is 23.7 Å². The Morgan fingerprint density at radius 1 is 1.19 bits per heavy atom. The number of fused-ring (bicyclic) bond motifs is 3. The Hall–Kier alpha value is -3.95. The molecular weight excluding hydrogens is 645 g/mol. The minimum absolute atomic E-state index is 0.0109. The number of alkyl halides is 3. The summed E-state index contributed by atoms with van der Waals surface area (Å²) in [5.41, 5.74) is -1.61. The Kier molecular flexibility index (Phi) is 8.37. The first-order valence-electron chi connectivity index (χ1n) is 15.2. The van der Waals surface area contributed by atoms with Crippen LogP contribution in [-0.2, 0) is 37.3 Å². The zero-order valence-corrected chi connectivity index (χ0v) is 27.0. The largest absolute Gasteiger partial charge is 0.444 e. The van der Waals surface area contributed by atoms with Crippen molar-refractivity contribution in [3.63, 3.8) is 0 Å². The summed E-state index contributed by atoms with van der Waals surface area (Å²) in [4.78, 5) is 46.7. The fourth-order valence-corrected chi connectivity index (χ4v) is 6.50. The average Bonchev–Trinajstić information content (AvgIpc) is 3.56. The van der Waals surface area contributed by atoms with E-state index in [1.165, 1.54) is 0 Å². The number of halogens is 4. The Morgan fingerprint density at radius 2 is 1.91 bits per heavy atom. The third-order valence-electron chi connectivity index (χ3n) is 8.37. The highest BCUT2D eigenvalue weighted by atomic mass is 35.5. The van der Waals surface area contributed by atoms with Crippen LogP contribution in [0.2, 0.25) is 5.02 Å². The first-order valence-corrected chi connectivity index (χ1v) is 15.6. The van der Waals surface area contributed by atoms with Gasteiger partial charge in [0.25, 0.3) is 5.56 Å². The summed E-state index contributed by atoms with van der Waals surface area (Å²) in [7, 11) is 0. The minimum atomic E-state index is -4.60. The SMILES string of the molecule is C[C@H]1OC2(CCN(C(=O)OC(C)(C)C)CC2)c2c1n(CC(=O)Nc1ccc(C(F)(F)F)cc1Cl)c1nc(C3=CCOCC3)nn1c2=O.